The van der Waals surface area contributed by atoms with Crippen LogP contribution < -0.4 is 10.5 Å². The zero-order valence-corrected chi connectivity index (χ0v) is 12.8. The highest BCUT2D eigenvalue weighted by Crippen LogP contribution is 2.16. The van der Waals surface area contributed by atoms with E-state index in [0.29, 0.717) is 19.8 Å². The van der Waals surface area contributed by atoms with E-state index >= 15 is 0 Å². The van der Waals surface area contributed by atoms with E-state index in [1.807, 2.05) is 38.1 Å². The van der Waals surface area contributed by atoms with Gasteiger partial charge in [-0.2, -0.15) is 0 Å². The minimum absolute atomic E-state index is 0.116. The summed E-state index contributed by atoms with van der Waals surface area (Å²) in [5.74, 6) is 0.883. The van der Waals surface area contributed by atoms with Crippen LogP contribution in [-0.2, 0) is 9.47 Å². The Morgan fingerprint density at radius 2 is 1.75 bits per heavy atom. The highest BCUT2D eigenvalue weighted by Gasteiger charge is 2.06. The number of ether oxygens (including phenoxy) is 3. The van der Waals surface area contributed by atoms with Gasteiger partial charge in [0.15, 0.2) is 0 Å². The Labute approximate surface area is 122 Å². The van der Waals surface area contributed by atoms with Crippen molar-refractivity contribution in [3.05, 3.63) is 29.8 Å². The molecule has 2 N–H and O–H groups in total. The fourth-order valence-corrected chi connectivity index (χ4v) is 1.68. The second kappa shape index (κ2) is 9.75. The molecule has 0 saturated carbocycles. The van der Waals surface area contributed by atoms with Gasteiger partial charge in [0, 0.05) is 0 Å². The lowest BCUT2D eigenvalue weighted by molar-refractivity contribution is 0.0161. The average Bonchev–Trinajstić information content (AvgIpc) is 2.44. The van der Waals surface area contributed by atoms with Crippen molar-refractivity contribution < 1.29 is 14.2 Å². The standard InChI is InChI=1S/C16H27NO3/c1-4-9-20-15-7-5-14(6-8-15)16(17)12-18-10-11-19-13(2)3/h5-8,13,16H,4,9-12,17H2,1-3H3. The van der Waals surface area contributed by atoms with Crippen LogP contribution in [0.3, 0.4) is 0 Å². The summed E-state index contributed by atoms with van der Waals surface area (Å²) >= 11 is 0. The lowest BCUT2D eigenvalue weighted by atomic mass is 10.1. The summed E-state index contributed by atoms with van der Waals surface area (Å²) in [6.07, 6.45) is 1.25. The van der Waals surface area contributed by atoms with Crippen molar-refractivity contribution in [1.29, 1.82) is 0 Å². The van der Waals surface area contributed by atoms with Gasteiger partial charge in [0.25, 0.3) is 0 Å². The van der Waals surface area contributed by atoms with Crippen LogP contribution in [0.2, 0.25) is 0 Å². The summed E-state index contributed by atoms with van der Waals surface area (Å²) in [5, 5.41) is 0. The minimum Gasteiger partial charge on any atom is -0.494 e. The van der Waals surface area contributed by atoms with E-state index in [4.69, 9.17) is 19.9 Å². The van der Waals surface area contributed by atoms with Crippen molar-refractivity contribution in [1.82, 2.24) is 0 Å². The van der Waals surface area contributed by atoms with E-state index in [1.54, 1.807) is 0 Å². The first-order valence-electron chi connectivity index (χ1n) is 7.31. The Bertz CT molecular complexity index is 351. The molecule has 114 valence electrons. The largest absolute Gasteiger partial charge is 0.494 e. The molecule has 20 heavy (non-hydrogen) atoms. The molecule has 4 nitrogen and oxygen atoms in total. The SMILES string of the molecule is CCCOc1ccc(C(N)COCCOC(C)C)cc1. The quantitative estimate of drug-likeness (QED) is 0.670. The summed E-state index contributed by atoms with van der Waals surface area (Å²) in [5.41, 5.74) is 7.13. The predicted molar refractivity (Wildman–Crippen MR) is 81.1 cm³/mol. The van der Waals surface area contributed by atoms with Crippen LogP contribution >= 0.6 is 0 Å². The van der Waals surface area contributed by atoms with Crippen LogP contribution in [0, 0.1) is 0 Å². The lowest BCUT2D eigenvalue weighted by Crippen LogP contribution is -2.19. The first-order valence-corrected chi connectivity index (χ1v) is 7.31. The molecule has 0 bridgehead atoms. The number of rotatable bonds is 10. The molecule has 1 rings (SSSR count). The monoisotopic (exact) mass is 281 g/mol. The maximum atomic E-state index is 6.08. The van der Waals surface area contributed by atoms with E-state index in [1.165, 1.54) is 0 Å². The van der Waals surface area contributed by atoms with E-state index in [9.17, 15) is 0 Å². The molecular formula is C16H27NO3. The van der Waals surface area contributed by atoms with E-state index in [0.717, 1.165) is 24.3 Å². The van der Waals surface area contributed by atoms with Gasteiger partial charge >= 0.3 is 0 Å². The van der Waals surface area contributed by atoms with E-state index < -0.39 is 0 Å². The van der Waals surface area contributed by atoms with Gasteiger partial charge < -0.3 is 19.9 Å². The molecule has 4 heteroatoms. The van der Waals surface area contributed by atoms with Crippen molar-refractivity contribution in [2.45, 2.75) is 39.3 Å². The molecule has 1 aromatic rings. The molecule has 0 aliphatic rings. The van der Waals surface area contributed by atoms with Gasteiger partial charge in [-0.05, 0) is 38.0 Å². The van der Waals surface area contributed by atoms with Crippen molar-refractivity contribution in [2.24, 2.45) is 5.73 Å². The average molecular weight is 281 g/mol. The molecule has 0 saturated heterocycles. The molecule has 0 fully saturated rings. The van der Waals surface area contributed by atoms with E-state index in [2.05, 4.69) is 6.92 Å². The van der Waals surface area contributed by atoms with Crippen molar-refractivity contribution in [2.75, 3.05) is 26.4 Å². The third-order valence-corrected chi connectivity index (χ3v) is 2.76. The molecule has 0 aliphatic carbocycles. The summed E-state index contributed by atoms with van der Waals surface area (Å²) in [6, 6.07) is 7.77. The van der Waals surface area contributed by atoms with Crippen LogP contribution in [0.15, 0.2) is 24.3 Å². The second-order valence-corrected chi connectivity index (χ2v) is 5.02. The molecule has 0 amide bonds. The summed E-state index contributed by atoms with van der Waals surface area (Å²) in [6.45, 7) is 8.52. The van der Waals surface area contributed by atoms with Crippen LogP contribution in [0.25, 0.3) is 0 Å². The zero-order valence-electron chi connectivity index (χ0n) is 12.8. The van der Waals surface area contributed by atoms with Gasteiger partial charge in [-0.1, -0.05) is 19.1 Å². The molecule has 0 spiro atoms. The minimum atomic E-state index is -0.116. The Hall–Kier alpha value is -1.10. The van der Waals surface area contributed by atoms with Crippen LogP contribution in [0.4, 0.5) is 0 Å². The molecule has 0 heterocycles. The van der Waals surface area contributed by atoms with Crippen LogP contribution in [0.1, 0.15) is 38.8 Å². The number of hydrogen-bond acceptors (Lipinski definition) is 4. The third kappa shape index (κ3) is 6.89. The Morgan fingerprint density at radius 1 is 1.05 bits per heavy atom. The molecule has 1 aromatic carbocycles. The van der Waals surface area contributed by atoms with Crippen molar-refractivity contribution >= 4 is 0 Å². The maximum Gasteiger partial charge on any atom is 0.119 e. The number of nitrogens with two attached hydrogens (primary N) is 1. The Morgan fingerprint density at radius 3 is 2.35 bits per heavy atom. The van der Waals surface area contributed by atoms with Gasteiger partial charge in [0.1, 0.15) is 5.75 Å². The highest BCUT2D eigenvalue weighted by molar-refractivity contribution is 5.29. The van der Waals surface area contributed by atoms with Crippen LogP contribution in [0.5, 0.6) is 5.75 Å². The first kappa shape index (κ1) is 17.0. The number of hydrogen-bond donors (Lipinski definition) is 1. The third-order valence-electron chi connectivity index (χ3n) is 2.76. The zero-order chi connectivity index (χ0) is 14.8. The van der Waals surface area contributed by atoms with Gasteiger partial charge in [0.05, 0.1) is 38.6 Å². The Balaban J connectivity index is 2.26. The maximum absolute atomic E-state index is 6.08. The summed E-state index contributed by atoms with van der Waals surface area (Å²) in [4.78, 5) is 0. The fraction of sp³-hybridized carbons (Fsp3) is 0.625. The smallest absolute Gasteiger partial charge is 0.119 e. The number of benzene rings is 1. The first-order chi connectivity index (χ1) is 9.63. The van der Waals surface area contributed by atoms with Gasteiger partial charge in [-0.25, -0.2) is 0 Å². The highest BCUT2D eigenvalue weighted by atomic mass is 16.5. The van der Waals surface area contributed by atoms with Crippen molar-refractivity contribution in [3.63, 3.8) is 0 Å². The van der Waals surface area contributed by atoms with Gasteiger partial charge in [0.2, 0.25) is 0 Å². The van der Waals surface area contributed by atoms with Gasteiger partial charge in [-0.3, -0.25) is 0 Å². The summed E-state index contributed by atoms with van der Waals surface area (Å²) in [7, 11) is 0. The predicted octanol–water partition coefficient (Wildman–Crippen LogP) is 2.92. The van der Waals surface area contributed by atoms with Crippen LogP contribution in [-0.4, -0.2) is 32.5 Å². The van der Waals surface area contributed by atoms with Gasteiger partial charge in [-0.15, -0.1) is 0 Å². The molecule has 0 aliphatic heterocycles. The Kier molecular flexibility index (Phi) is 8.26. The topological polar surface area (TPSA) is 53.7 Å². The lowest BCUT2D eigenvalue weighted by Gasteiger charge is -2.14. The molecule has 0 radical (unpaired) electrons. The van der Waals surface area contributed by atoms with E-state index in [-0.39, 0.29) is 12.1 Å². The molecule has 1 atom stereocenters. The molecule has 1 unspecified atom stereocenters. The second-order valence-electron chi connectivity index (χ2n) is 5.02. The van der Waals surface area contributed by atoms with Crippen molar-refractivity contribution in [3.8, 4) is 5.75 Å². The normalized spacial score (nSPS) is 12.7. The molecular weight excluding hydrogens is 254 g/mol. The fourth-order valence-electron chi connectivity index (χ4n) is 1.68. The summed E-state index contributed by atoms with van der Waals surface area (Å²) < 4.78 is 16.5. The molecule has 0 aromatic heterocycles.